The van der Waals surface area contributed by atoms with E-state index in [0.29, 0.717) is 0 Å². The van der Waals surface area contributed by atoms with Crippen LogP contribution in [-0.4, -0.2) is 0 Å². The zero-order valence-electron chi connectivity index (χ0n) is 6.95. The summed E-state index contributed by atoms with van der Waals surface area (Å²) in [5, 5.41) is 1.12. The summed E-state index contributed by atoms with van der Waals surface area (Å²) in [6, 6.07) is 9.86. The Hall–Kier alpha value is -1.28. The fourth-order valence-corrected chi connectivity index (χ4v) is 1.23. The van der Waals surface area contributed by atoms with Crippen LogP contribution in [0.2, 0.25) is 0 Å². The van der Waals surface area contributed by atoms with Crippen LogP contribution in [-0.2, 0) is 0 Å². The van der Waals surface area contributed by atoms with Gasteiger partial charge in [-0.2, -0.15) is 0 Å². The molecule has 2 nitrogen and oxygen atoms in total. The quantitative estimate of drug-likeness (QED) is 0.697. The molecule has 0 spiro atoms. The maximum absolute atomic E-state index is 5.68. The summed E-state index contributed by atoms with van der Waals surface area (Å²) in [4.78, 5) is 0. The highest BCUT2D eigenvalue weighted by atomic mass is 16.3. The summed E-state index contributed by atoms with van der Waals surface area (Å²) in [7, 11) is 0. The van der Waals surface area contributed by atoms with Gasteiger partial charge in [-0.1, -0.05) is 18.2 Å². The Kier molecular flexibility index (Phi) is 1.62. The Balaban J connectivity index is 2.62. The molecule has 1 atom stereocenters. The van der Waals surface area contributed by atoms with E-state index in [9.17, 15) is 0 Å². The average Bonchev–Trinajstić information content (AvgIpc) is 2.46. The number of para-hydroxylation sites is 1. The zero-order valence-corrected chi connectivity index (χ0v) is 6.95. The monoisotopic (exact) mass is 161 g/mol. The van der Waals surface area contributed by atoms with Crippen molar-refractivity contribution in [3.8, 4) is 0 Å². The lowest BCUT2D eigenvalue weighted by Crippen LogP contribution is -2.02. The Labute approximate surface area is 71.0 Å². The second-order valence-corrected chi connectivity index (χ2v) is 2.98. The van der Waals surface area contributed by atoms with E-state index < -0.39 is 0 Å². The van der Waals surface area contributed by atoms with E-state index in [1.807, 2.05) is 37.3 Å². The van der Waals surface area contributed by atoms with Crippen molar-refractivity contribution in [2.45, 2.75) is 13.0 Å². The number of benzene rings is 1. The molecule has 0 saturated heterocycles. The van der Waals surface area contributed by atoms with Crippen LogP contribution in [0.5, 0.6) is 0 Å². The van der Waals surface area contributed by atoms with Gasteiger partial charge >= 0.3 is 0 Å². The summed E-state index contributed by atoms with van der Waals surface area (Å²) in [6.07, 6.45) is 0. The first-order chi connectivity index (χ1) is 5.77. The molecule has 1 heterocycles. The van der Waals surface area contributed by atoms with Crippen molar-refractivity contribution in [2.24, 2.45) is 5.73 Å². The van der Waals surface area contributed by atoms with Gasteiger partial charge in [0.05, 0.1) is 6.04 Å². The molecule has 0 saturated carbocycles. The minimum absolute atomic E-state index is 0.0302. The normalized spacial score (nSPS) is 13.5. The molecule has 0 unspecified atom stereocenters. The lowest BCUT2D eigenvalue weighted by atomic mass is 10.2. The van der Waals surface area contributed by atoms with E-state index >= 15 is 0 Å². The summed E-state index contributed by atoms with van der Waals surface area (Å²) in [5.74, 6) is 0.844. The summed E-state index contributed by atoms with van der Waals surface area (Å²) >= 11 is 0. The van der Waals surface area contributed by atoms with Gasteiger partial charge in [-0.15, -0.1) is 0 Å². The van der Waals surface area contributed by atoms with Gasteiger partial charge in [0, 0.05) is 5.39 Å². The van der Waals surface area contributed by atoms with Crippen molar-refractivity contribution in [3.63, 3.8) is 0 Å². The van der Waals surface area contributed by atoms with Crippen LogP contribution in [0.15, 0.2) is 34.7 Å². The SMILES string of the molecule is C[C@@H](N)c1cc2ccccc2o1. The number of furan rings is 1. The van der Waals surface area contributed by atoms with Crippen LogP contribution in [0.4, 0.5) is 0 Å². The van der Waals surface area contributed by atoms with Gasteiger partial charge < -0.3 is 10.2 Å². The third-order valence-electron chi connectivity index (χ3n) is 1.89. The summed E-state index contributed by atoms with van der Waals surface area (Å²) in [6.45, 7) is 1.91. The van der Waals surface area contributed by atoms with Gasteiger partial charge in [-0.05, 0) is 19.1 Å². The number of nitrogens with two attached hydrogens (primary N) is 1. The molecular weight excluding hydrogens is 150 g/mol. The summed E-state index contributed by atoms with van der Waals surface area (Å²) in [5.41, 5.74) is 6.59. The van der Waals surface area contributed by atoms with E-state index in [1.54, 1.807) is 0 Å². The predicted octanol–water partition coefficient (Wildman–Crippen LogP) is 2.45. The Morgan fingerprint density at radius 3 is 2.75 bits per heavy atom. The molecule has 0 fully saturated rings. The highest BCUT2D eigenvalue weighted by molar-refractivity contribution is 5.77. The second-order valence-electron chi connectivity index (χ2n) is 2.98. The fourth-order valence-electron chi connectivity index (χ4n) is 1.23. The molecule has 0 aliphatic heterocycles. The molecule has 62 valence electrons. The van der Waals surface area contributed by atoms with E-state index in [-0.39, 0.29) is 6.04 Å². The Morgan fingerprint density at radius 1 is 1.33 bits per heavy atom. The highest BCUT2D eigenvalue weighted by Gasteiger charge is 2.05. The van der Waals surface area contributed by atoms with Crippen molar-refractivity contribution < 1.29 is 4.42 Å². The van der Waals surface area contributed by atoms with Crippen LogP contribution < -0.4 is 5.73 Å². The second kappa shape index (κ2) is 2.64. The molecule has 2 rings (SSSR count). The molecule has 0 aliphatic rings. The first-order valence-corrected chi connectivity index (χ1v) is 4.01. The molecule has 1 aromatic heterocycles. The lowest BCUT2D eigenvalue weighted by Gasteiger charge is -1.96. The Morgan fingerprint density at radius 2 is 2.08 bits per heavy atom. The Bertz CT molecular complexity index is 356. The number of rotatable bonds is 1. The lowest BCUT2D eigenvalue weighted by molar-refractivity contribution is 0.513. The van der Waals surface area contributed by atoms with Gasteiger partial charge in [0.25, 0.3) is 0 Å². The predicted molar refractivity (Wildman–Crippen MR) is 48.8 cm³/mol. The topological polar surface area (TPSA) is 39.2 Å². The molecule has 1 aromatic carbocycles. The minimum atomic E-state index is -0.0302. The molecule has 2 aromatic rings. The van der Waals surface area contributed by atoms with E-state index in [0.717, 1.165) is 16.7 Å². The molecule has 2 N–H and O–H groups in total. The number of hydrogen-bond acceptors (Lipinski definition) is 2. The maximum atomic E-state index is 5.68. The van der Waals surface area contributed by atoms with Crippen LogP contribution in [0.25, 0.3) is 11.0 Å². The third-order valence-corrected chi connectivity index (χ3v) is 1.89. The van der Waals surface area contributed by atoms with Crippen LogP contribution in [0.1, 0.15) is 18.7 Å². The van der Waals surface area contributed by atoms with Gasteiger partial charge in [0.15, 0.2) is 0 Å². The number of hydrogen-bond donors (Lipinski definition) is 1. The van der Waals surface area contributed by atoms with E-state index in [2.05, 4.69) is 0 Å². The van der Waals surface area contributed by atoms with Gasteiger partial charge in [-0.3, -0.25) is 0 Å². The van der Waals surface area contributed by atoms with Gasteiger partial charge in [0.1, 0.15) is 11.3 Å². The van der Waals surface area contributed by atoms with Gasteiger partial charge in [0.2, 0.25) is 0 Å². The maximum Gasteiger partial charge on any atom is 0.134 e. The largest absolute Gasteiger partial charge is 0.459 e. The molecule has 0 bridgehead atoms. The van der Waals surface area contributed by atoms with E-state index in [1.165, 1.54) is 0 Å². The molecular formula is C10H11NO. The molecule has 2 heteroatoms. The van der Waals surface area contributed by atoms with Gasteiger partial charge in [-0.25, -0.2) is 0 Å². The minimum Gasteiger partial charge on any atom is -0.459 e. The highest BCUT2D eigenvalue weighted by Crippen LogP contribution is 2.21. The number of fused-ring (bicyclic) bond motifs is 1. The third kappa shape index (κ3) is 1.10. The van der Waals surface area contributed by atoms with E-state index in [4.69, 9.17) is 10.2 Å². The molecule has 12 heavy (non-hydrogen) atoms. The standard InChI is InChI=1S/C10H11NO/c1-7(11)10-6-8-4-2-3-5-9(8)12-10/h2-7H,11H2,1H3/t7-/m1/s1. The molecule has 0 aliphatic carbocycles. The van der Waals surface area contributed by atoms with Crippen LogP contribution in [0, 0.1) is 0 Å². The fraction of sp³-hybridized carbons (Fsp3) is 0.200. The van der Waals surface area contributed by atoms with Crippen LogP contribution in [0.3, 0.4) is 0 Å². The zero-order chi connectivity index (χ0) is 8.55. The summed E-state index contributed by atoms with van der Waals surface area (Å²) < 4.78 is 5.50. The van der Waals surface area contributed by atoms with Crippen molar-refractivity contribution in [3.05, 3.63) is 36.1 Å². The van der Waals surface area contributed by atoms with Crippen molar-refractivity contribution in [2.75, 3.05) is 0 Å². The van der Waals surface area contributed by atoms with Crippen molar-refractivity contribution in [1.29, 1.82) is 0 Å². The molecule has 0 radical (unpaired) electrons. The first-order valence-electron chi connectivity index (χ1n) is 4.01. The van der Waals surface area contributed by atoms with Crippen LogP contribution >= 0.6 is 0 Å². The average molecular weight is 161 g/mol. The van der Waals surface area contributed by atoms with Crippen molar-refractivity contribution >= 4 is 11.0 Å². The molecule has 0 amide bonds. The van der Waals surface area contributed by atoms with Crippen molar-refractivity contribution in [1.82, 2.24) is 0 Å². The smallest absolute Gasteiger partial charge is 0.134 e. The first kappa shape index (κ1) is 7.37.